The number of carbonyl (C=O) groups is 2. The summed E-state index contributed by atoms with van der Waals surface area (Å²) in [6.45, 7) is 4.89. The van der Waals surface area contributed by atoms with Crippen LogP contribution in [0.1, 0.15) is 386 Å². The number of carbonyl (C=O) groups excluding carboxylic acids is 2. The molecule has 6 nitrogen and oxygen atoms in total. The van der Waals surface area contributed by atoms with Crippen LogP contribution in [0.15, 0.2) is 36.5 Å². The molecule has 78 heavy (non-hydrogen) atoms. The van der Waals surface area contributed by atoms with Gasteiger partial charge in [0.15, 0.2) is 0 Å². The van der Waals surface area contributed by atoms with Gasteiger partial charge < -0.3 is 20.3 Å². The third kappa shape index (κ3) is 63.3. The summed E-state index contributed by atoms with van der Waals surface area (Å²) >= 11 is 0. The zero-order valence-corrected chi connectivity index (χ0v) is 52.7. The van der Waals surface area contributed by atoms with E-state index in [0.29, 0.717) is 19.4 Å². The fourth-order valence-corrected chi connectivity index (χ4v) is 11.0. The van der Waals surface area contributed by atoms with Crippen molar-refractivity contribution < 1.29 is 24.5 Å². The van der Waals surface area contributed by atoms with Crippen LogP contribution in [0.25, 0.3) is 0 Å². The van der Waals surface area contributed by atoms with E-state index in [4.69, 9.17) is 4.74 Å². The molecule has 0 aromatic heterocycles. The molecular weight excluding hydrogens is 959 g/mol. The van der Waals surface area contributed by atoms with Crippen molar-refractivity contribution in [3.05, 3.63) is 36.5 Å². The van der Waals surface area contributed by atoms with Gasteiger partial charge in [0.2, 0.25) is 5.91 Å². The Hall–Kier alpha value is -1.92. The van der Waals surface area contributed by atoms with Gasteiger partial charge in [-0.15, -0.1) is 0 Å². The molecule has 1 amide bonds. The van der Waals surface area contributed by atoms with E-state index in [1.54, 1.807) is 6.08 Å². The summed E-state index contributed by atoms with van der Waals surface area (Å²) in [6, 6.07) is -0.626. The SMILES string of the molecule is CCCC/C=C\C/C=C\CCCCCCCC(=O)OCCCCCCCCCCCCCCCCCCCCCCCCCCCCCCC(=O)NC(CO)C(O)/C=C/CCCCCCCCCCCCCCCCCCC. The number of esters is 1. The van der Waals surface area contributed by atoms with E-state index in [2.05, 4.69) is 43.5 Å². The number of ether oxygens (including phenoxy) is 1. The van der Waals surface area contributed by atoms with E-state index in [9.17, 15) is 19.8 Å². The van der Waals surface area contributed by atoms with E-state index in [1.807, 2.05) is 6.08 Å². The number of unbranched alkanes of at least 4 members (excludes halogenated alkanes) is 51. The van der Waals surface area contributed by atoms with Gasteiger partial charge in [-0.25, -0.2) is 0 Å². The Morgan fingerprint density at radius 1 is 0.359 bits per heavy atom. The number of rotatable bonds is 66. The van der Waals surface area contributed by atoms with Crippen molar-refractivity contribution in [2.24, 2.45) is 0 Å². The monoisotopic (exact) mass is 1100 g/mol. The largest absolute Gasteiger partial charge is 0.466 e. The van der Waals surface area contributed by atoms with Crippen LogP contribution in [0, 0.1) is 0 Å². The second kappa shape index (κ2) is 67.6. The first-order valence-electron chi connectivity index (χ1n) is 35.3. The van der Waals surface area contributed by atoms with Gasteiger partial charge in [-0.1, -0.05) is 352 Å². The molecule has 2 unspecified atom stereocenters. The highest BCUT2D eigenvalue weighted by molar-refractivity contribution is 5.76. The van der Waals surface area contributed by atoms with Gasteiger partial charge in [-0.2, -0.15) is 0 Å². The van der Waals surface area contributed by atoms with Crippen molar-refractivity contribution in [1.29, 1.82) is 0 Å². The van der Waals surface area contributed by atoms with Crippen LogP contribution in [0.3, 0.4) is 0 Å². The molecule has 0 fully saturated rings. The first kappa shape index (κ1) is 76.1. The molecule has 0 saturated heterocycles. The highest BCUT2D eigenvalue weighted by atomic mass is 16.5. The second-order valence-electron chi connectivity index (χ2n) is 24.2. The normalized spacial score (nSPS) is 12.7. The van der Waals surface area contributed by atoms with Crippen molar-refractivity contribution in [3.8, 4) is 0 Å². The van der Waals surface area contributed by atoms with Crippen LogP contribution in [-0.2, 0) is 14.3 Å². The molecule has 3 N–H and O–H groups in total. The van der Waals surface area contributed by atoms with Gasteiger partial charge in [0.1, 0.15) is 0 Å². The summed E-state index contributed by atoms with van der Waals surface area (Å²) in [4.78, 5) is 24.6. The van der Waals surface area contributed by atoms with E-state index < -0.39 is 12.1 Å². The molecular formula is C72H137NO5. The Labute approximate surface area is 487 Å². The number of aliphatic hydroxyl groups excluding tert-OH is 2. The number of amides is 1. The predicted octanol–water partition coefficient (Wildman–Crippen LogP) is 22.7. The molecule has 0 spiro atoms. The molecule has 0 radical (unpaired) electrons. The Morgan fingerprint density at radius 3 is 1.01 bits per heavy atom. The van der Waals surface area contributed by atoms with Crippen molar-refractivity contribution in [3.63, 3.8) is 0 Å². The van der Waals surface area contributed by atoms with Crippen LogP contribution < -0.4 is 5.32 Å². The highest BCUT2D eigenvalue weighted by Crippen LogP contribution is 2.19. The maximum absolute atomic E-state index is 12.5. The molecule has 0 saturated carbocycles. The molecule has 0 aliphatic carbocycles. The lowest BCUT2D eigenvalue weighted by Gasteiger charge is -2.20. The van der Waals surface area contributed by atoms with Gasteiger partial charge in [0.05, 0.1) is 25.4 Å². The maximum atomic E-state index is 12.5. The molecule has 0 bridgehead atoms. The van der Waals surface area contributed by atoms with Crippen molar-refractivity contribution >= 4 is 11.9 Å². The minimum Gasteiger partial charge on any atom is -0.466 e. The Bertz CT molecular complexity index is 1260. The van der Waals surface area contributed by atoms with Crippen LogP contribution in [0.2, 0.25) is 0 Å². The molecule has 0 heterocycles. The zero-order chi connectivity index (χ0) is 56.4. The fourth-order valence-electron chi connectivity index (χ4n) is 11.0. The smallest absolute Gasteiger partial charge is 0.305 e. The van der Waals surface area contributed by atoms with Crippen LogP contribution >= 0.6 is 0 Å². The zero-order valence-electron chi connectivity index (χ0n) is 52.7. The Balaban J connectivity index is 3.37. The van der Waals surface area contributed by atoms with Gasteiger partial charge in [0, 0.05) is 12.8 Å². The number of hydrogen-bond acceptors (Lipinski definition) is 5. The topological polar surface area (TPSA) is 95.9 Å². The average Bonchev–Trinajstić information content (AvgIpc) is 3.44. The van der Waals surface area contributed by atoms with Crippen LogP contribution in [-0.4, -0.2) is 47.4 Å². The van der Waals surface area contributed by atoms with E-state index in [-0.39, 0.29) is 18.5 Å². The van der Waals surface area contributed by atoms with Crippen molar-refractivity contribution in [2.75, 3.05) is 13.2 Å². The fraction of sp³-hybridized carbons (Fsp3) is 0.889. The Kier molecular flexibility index (Phi) is 65.9. The summed E-state index contributed by atoms with van der Waals surface area (Å²) in [7, 11) is 0. The van der Waals surface area contributed by atoms with E-state index in [1.165, 1.54) is 308 Å². The van der Waals surface area contributed by atoms with Gasteiger partial charge >= 0.3 is 5.97 Å². The van der Waals surface area contributed by atoms with Crippen LogP contribution in [0.5, 0.6) is 0 Å². The maximum Gasteiger partial charge on any atom is 0.305 e. The average molecular weight is 1100 g/mol. The highest BCUT2D eigenvalue weighted by Gasteiger charge is 2.18. The van der Waals surface area contributed by atoms with Gasteiger partial charge in [-0.3, -0.25) is 9.59 Å². The number of nitrogens with one attached hydrogen (secondary N) is 1. The minimum absolute atomic E-state index is 0.00412. The molecule has 460 valence electrons. The number of aliphatic hydroxyl groups is 2. The minimum atomic E-state index is -0.843. The second-order valence-corrected chi connectivity index (χ2v) is 24.2. The van der Waals surface area contributed by atoms with Crippen molar-refractivity contribution in [1.82, 2.24) is 5.32 Å². The molecule has 0 aliphatic heterocycles. The molecule has 2 atom stereocenters. The lowest BCUT2D eigenvalue weighted by Crippen LogP contribution is -2.45. The summed E-state index contributed by atoms with van der Waals surface area (Å²) in [6.07, 6.45) is 86.5. The summed E-state index contributed by atoms with van der Waals surface area (Å²) in [5.41, 5.74) is 0. The van der Waals surface area contributed by atoms with E-state index >= 15 is 0 Å². The van der Waals surface area contributed by atoms with Crippen molar-refractivity contribution in [2.45, 2.75) is 398 Å². The number of allylic oxidation sites excluding steroid dienone is 5. The lowest BCUT2D eigenvalue weighted by atomic mass is 10.0. The first-order valence-corrected chi connectivity index (χ1v) is 35.3. The molecule has 0 aromatic rings. The summed E-state index contributed by atoms with van der Waals surface area (Å²) in [5.74, 6) is -0.0575. The van der Waals surface area contributed by atoms with Crippen LogP contribution in [0.4, 0.5) is 0 Å². The van der Waals surface area contributed by atoms with Gasteiger partial charge in [-0.05, 0) is 57.8 Å². The Morgan fingerprint density at radius 2 is 0.654 bits per heavy atom. The molecule has 0 aromatic carbocycles. The van der Waals surface area contributed by atoms with Gasteiger partial charge in [0.25, 0.3) is 0 Å². The lowest BCUT2D eigenvalue weighted by molar-refractivity contribution is -0.143. The quantitative estimate of drug-likeness (QED) is 0.0320. The van der Waals surface area contributed by atoms with E-state index in [0.717, 1.165) is 51.4 Å². The third-order valence-corrected chi connectivity index (χ3v) is 16.4. The molecule has 6 heteroatoms. The molecule has 0 aliphatic rings. The number of hydrogen-bond donors (Lipinski definition) is 3. The molecule has 0 rings (SSSR count). The summed E-state index contributed by atoms with van der Waals surface area (Å²) in [5, 5.41) is 23.2. The predicted molar refractivity (Wildman–Crippen MR) is 343 cm³/mol. The standard InChI is InChI=1S/C72H137NO5/c1-3-5-7-9-11-13-15-17-19-20-31-34-37-40-44-48-52-56-60-64-70(75)69(68-74)73-71(76)65-61-57-53-49-45-41-38-35-32-29-27-25-23-21-22-24-26-28-30-33-36-39-43-47-51-55-59-63-67-78-72(77)66-62-58-54-50-46-42-18-16-14-12-10-8-6-4-2/h10,12,16,18,60,64,69-70,74-75H,3-9,11,13-15,17,19-59,61-63,65-68H2,1-2H3,(H,73,76)/b12-10-,18-16-,64-60+. The third-order valence-electron chi connectivity index (χ3n) is 16.4. The summed E-state index contributed by atoms with van der Waals surface area (Å²) < 4.78 is 5.48. The first-order chi connectivity index (χ1) is 38.5.